The third kappa shape index (κ3) is 5.19. The van der Waals surface area contributed by atoms with Crippen molar-refractivity contribution in [1.29, 1.82) is 0 Å². The molecule has 0 bridgehead atoms. The molecule has 33 heavy (non-hydrogen) atoms. The number of hydrogen-bond donors (Lipinski definition) is 1. The van der Waals surface area contributed by atoms with Crippen LogP contribution in [0.1, 0.15) is 60.1 Å². The highest BCUT2D eigenvalue weighted by Gasteiger charge is 2.36. The van der Waals surface area contributed by atoms with Crippen LogP contribution < -0.4 is 5.32 Å². The van der Waals surface area contributed by atoms with Gasteiger partial charge in [0.1, 0.15) is 0 Å². The zero-order valence-electron chi connectivity index (χ0n) is 20.4. The number of fused-ring (bicyclic) bond motifs is 1. The Morgan fingerprint density at radius 2 is 1.91 bits per heavy atom. The fourth-order valence-corrected chi connectivity index (χ4v) is 4.85. The first kappa shape index (κ1) is 23.6. The van der Waals surface area contributed by atoms with Gasteiger partial charge in [-0.3, -0.25) is 19.5 Å². The molecular formula is C24H36N6O3. The van der Waals surface area contributed by atoms with E-state index in [4.69, 9.17) is 4.74 Å². The van der Waals surface area contributed by atoms with E-state index in [0.29, 0.717) is 18.8 Å². The minimum Gasteiger partial charge on any atom is -0.356 e. The Balaban J connectivity index is 1.49. The molecule has 3 atom stereocenters. The Labute approximate surface area is 195 Å². The molecule has 0 radical (unpaired) electrons. The van der Waals surface area contributed by atoms with Gasteiger partial charge < -0.3 is 15.0 Å². The summed E-state index contributed by atoms with van der Waals surface area (Å²) in [5, 5.41) is 8.09. The van der Waals surface area contributed by atoms with Crippen LogP contribution in [0.15, 0.2) is 18.6 Å². The summed E-state index contributed by atoms with van der Waals surface area (Å²) in [6.07, 6.45) is 7.78. The molecule has 2 aromatic rings. The summed E-state index contributed by atoms with van der Waals surface area (Å²) < 4.78 is 7.69. The maximum absolute atomic E-state index is 13.1. The number of ether oxygens (including phenoxy) is 1. The van der Waals surface area contributed by atoms with E-state index >= 15 is 0 Å². The third-order valence-corrected chi connectivity index (χ3v) is 6.42. The van der Waals surface area contributed by atoms with Gasteiger partial charge in [0.2, 0.25) is 0 Å². The molecule has 9 heteroatoms. The number of amides is 2. The van der Waals surface area contributed by atoms with Crippen molar-refractivity contribution in [3.8, 4) is 0 Å². The molecular weight excluding hydrogens is 420 g/mol. The molecule has 2 fully saturated rings. The standard InChI is InChI=1S/C24H36N6O3/c1-16-14-29(17(2)13-28(16)15-24(3,4)5)23(32)22(31)27-19-12-25-10-18-11-26-30(21(18)19)20-8-6-7-9-33-20/h10-12,16-17,20H,6-9,13-15H2,1-5H3,(H,27,31)/t16-,17+,20?/m1/s1. The number of carbonyl (C=O) groups is 2. The van der Waals surface area contributed by atoms with Crippen LogP contribution in [0.5, 0.6) is 0 Å². The van der Waals surface area contributed by atoms with Crippen molar-refractivity contribution in [3.05, 3.63) is 18.6 Å². The summed E-state index contributed by atoms with van der Waals surface area (Å²) in [7, 11) is 0. The first-order valence-electron chi connectivity index (χ1n) is 11.9. The summed E-state index contributed by atoms with van der Waals surface area (Å²) in [4.78, 5) is 34.5. The summed E-state index contributed by atoms with van der Waals surface area (Å²) in [5.74, 6) is -1.16. The Morgan fingerprint density at radius 3 is 2.61 bits per heavy atom. The van der Waals surface area contributed by atoms with Crippen molar-refractivity contribution in [3.63, 3.8) is 0 Å². The van der Waals surface area contributed by atoms with Crippen molar-refractivity contribution in [1.82, 2.24) is 24.6 Å². The quantitative estimate of drug-likeness (QED) is 0.714. The Morgan fingerprint density at radius 1 is 1.12 bits per heavy atom. The molecule has 4 rings (SSSR count). The number of rotatable bonds is 3. The number of nitrogens with zero attached hydrogens (tertiary/aromatic N) is 5. The van der Waals surface area contributed by atoms with E-state index in [1.807, 2.05) is 6.92 Å². The SMILES string of the molecule is C[C@@H]1CN(C(=O)C(=O)Nc2cncc3cnn(C4CCCCO4)c23)[C@@H](C)CN1CC(C)(C)C. The van der Waals surface area contributed by atoms with Crippen molar-refractivity contribution in [2.24, 2.45) is 5.41 Å². The number of hydrogen-bond acceptors (Lipinski definition) is 6. The van der Waals surface area contributed by atoms with Gasteiger partial charge in [-0.05, 0) is 38.5 Å². The first-order chi connectivity index (χ1) is 15.6. The largest absolute Gasteiger partial charge is 0.356 e. The maximum Gasteiger partial charge on any atom is 0.314 e. The van der Waals surface area contributed by atoms with E-state index in [-0.39, 0.29) is 23.7 Å². The second kappa shape index (κ2) is 9.38. The number of carbonyl (C=O) groups excluding carboxylic acids is 2. The summed E-state index contributed by atoms with van der Waals surface area (Å²) >= 11 is 0. The fourth-order valence-electron chi connectivity index (χ4n) is 4.85. The molecule has 1 unspecified atom stereocenters. The van der Waals surface area contributed by atoms with Gasteiger partial charge in [0.15, 0.2) is 6.23 Å². The highest BCUT2D eigenvalue weighted by molar-refractivity contribution is 6.40. The predicted octanol–water partition coefficient (Wildman–Crippen LogP) is 3.04. The lowest BCUT2D eigenvalue weighted by molar-refractivity contribution is -0.147. The first-order valence-corrected chi connectivity index (χ1v) is 11.9. The molecule has 180 valence electrons. The second-order valence-electron chi connectivity index (χ2n) is 10.6. The van der Waals surface area contributed by atoms with Crippen LogP contribution in [-0.4, -0.2) is 74.7 Å². The molecule has 4 heterocycles. The normalized spacial score (nSPS) is 24.8. The van der Waals surface area contributed by atoms with Crippen molar-refractivity contribution >= 4 is 28.4 Å². The van der Waals surface area contributed by atoms with Crippen LogP contribution in [0.4, 0.5) is 5.69 Å². The lowest BCUT2D eigenvalue weighted by Crippen LogP contribution is -2.60. The molecule has 2 aromatic heterocycles. The summed E-state index contributed by atoms with van der Waals surface area (Å²) in [6, 6.07) is 0.143. The van der Waals surface area contributed by atoms with Crippen molar-refractivity contribution in [2.45, 2.75) is 72.2 Å². The molecule has 9 nitrogen and oxygen atoms in total. The lowest BCUT2D eigenvalue weighted by Gasteiger charge is -2.45. The maximum atomic E-state index is 13.1. The average molecular weight is 457 g/mol. The third-order valence-electron chi connectivity index (χ3n) is 6.42. The Bertz CT molecular complexity index is 1010. The number of piperazine rings is 1. The Hall–Kier alpha value is -2.52. The predicted molar refractivity (Wildman–Crippen MR) is 127 cm³/mol. The van der Waals surface area contributed by atoms with Gasteiger partial charge in [0, 0.05) is 49.9 Å². The van der Waals surface area contributed by atoms with Gasteiger partial charge >= 0.3 is 11.8 Å². The van der Waals surface area contributed by atoms with Crippen LogP contribution in [0.3, 0.4) is 0 Å². The summed E-state index contributed by atoms with van der Waals surface area (Å²) in [6.45, 7) is 13.7. The molecule has 0 aliphatic carbocycles. The molecule has 1 N–H and O–H groups in total. The van der Waals surface area contributed by atoms with Gasteiger partial charge in [-0.15, -0.1) is 0 Å². The molecule has 0 spiro atoms. The van der Waals surface area contributed by atoms with E-state index in [0.717, 1.165) is 43.3 Å². The van der Waals surface area contributed by atoms with Crippen molar-refractivity contribution < 1.29 is 14.3 Å². The van der Waals surface area contributed by atoms with Gasteiger partial charge in [0.05, 0.1) is 23.6 Å². The highest BCUT2D eigenvalue weighted by atomic mass is 16.5. The molecule has 0 saturated carbocycles. The van der Waals surface area contributed by atoms with Gasteiger partial charge in [0.25, 0.3) is 0 Å². The zero-order valence-corrected chi connectivity index (χ0v) is 20.4. The van der Waals surface area contributed by atoms with Crippen LogP contribution in [0, 0.1) is 5.41 Å². The highest BCUT2D eigenvalue weighted by Crippen LogP contribution is 2.30. The minimum atomic E-state index is -0.648. The molecule has 2 aliphatic rings. The summed E-state index contributed by atoms with van der Waals surface area (Å²) in [5.41, 5.74) is 1.38. The van der Waals surface area contributed by atoms with E-state index in [2.05, 4.69) is 48.0 Å². The van der Waals surface area contributed by atoms with Gasteiger partial charge in [-0.2, -0.15) is 5.10 Å². The topological polar surface area (TPSA) is 92.6 Å². The van der Waals surface area contributed by atoms with Gasteiger partial charge in [-0.1, -0.05) is 20.8 Å². The lowest BCUT2D eigenvalue weighted by atomic mass is 9.94. The average Bonchev–Trinajstić information content (AvgIpc) is 3.20. The smallest absolute Gasteiger partial charge is 0.314 e. The molecule has 2 saturated heterocycles. The van der Waals surface area contributed by atoms with Crippen LogP contribution >= 0.6 is 0 Å². The molecule has 2 aliphatic heterocycles. The van der Waals surface area contributed by atoms with E-state index in [1.165, 1.54) is 0 Å². The number of nitrogens with one attached hydrogen (secondary N) is 1. The molecule has 2 amide bonds. The number of aromatic nitrogens is 3. The van der Waals surface area contributed by atoms with E-state index in [9.17, 15) is 9.59 Å². The monoisotopic (exact) mass is 456 g/mol. The van der Waals surface area contributed by atoms with E-state index in [1.54, 1.807) is 28.2 Å². The van der Waals surface area contributed by atoms with Crippen LogP contribution in [-0.2, 0) is 14.3 Å². The molecule has 0 aromatic carbocycles. The number of pyridine rings is 1. The van der Waals surface area contributed by atoms with Gasteiger partial charge in [-0.25, -0.2) is 4.68 Å². The minimum absolute atomic E-state index is 0.0446. The number of anilines is 1. The second-order valence-corrected chi connectivity index (χ2v) is 10.6. The fraction of sp³-hybridized carbons (Fsp3) is 0.667. The van der Waals surface area contributed by atoms with Crippen LogP contribution in [0.25, 0.3) is 10.9 Å². The van der Waals surface area contributed by atoms with E-state index < -0.39 is 11.8 Å². The van der Waals surface area contributed by atoms with Crippen LogP contribution in [0.2, 0.25) is 0 Å². The van der Waals surface area contributed by atoms with Crippen molar-refractivity contribution in [2.75, 3.05) is 31.6 Å². The zero-order chi connectivity index (χ0) is 23.8. The Kier molecular flexibility index (Phi) is 6.72.